The molecule has 0 spiro atoms. The number of guanidine groups is 5. The Hall–Kier alpha value is -9.11. The maximum Gasteiger partial charge on any atom is 0.326 e. The van der Waals surface area contributed by atoms with Crippen LogP contribution in [-0.4, -0.2) is 205 Å². The molecule has 0 saturated carbocycles. The molecule has 38 N–H and O–H groups in total. The van der Waals surface area contributed by atoms with Crippen LogP contribution in [-0.2, 0) is 47.9 Å². The molecular formula is C51H101N27O12. The predicted molar refractivity (Wildman–Crippen MR) is 337 cm³/mol. The lowest BCUT2D eigenvalue weighted by Gasteiger charge is -2.28. The number of aliphatic hydroxyl groups is 1. The Morgan fingerprint density at radius 2 is 0.600 bits per heavy atom. The minimum atomic E-state index is -1.81. The highest BCUT2D eigenvalue weighted by Crippen LogP contribution is 2.12. The van der Waals surface area contributed by atoms with Gasteiger partial charge in [-0.3, -0.25) is 68.1 Å². The molecule has 90 heavy (non-hydrogen) atoms. The second-order valence-electron chi connectivity index (χ2n) is 20.9. The van der Waals surface area contributed by atoms with Crippen LogP contribution in [0.1, 0.15) is 122 Å². The molecule has 39 nitrogen and oxygen atoms in total. The monoisotopic (exact) mass is 1280 g/mol. The Morgan fingerprint density at radius 1 is 0.344 bits per heavy atom. The molecule has 0 saturated heterocycles. The van der Waals surface area contributed by atoms with Crippen molar-refractivity contribution in [2.24, 2.45) is 105 Å². The standard InChI is InChI=1S/C51H101N27O12/c1-27(79)37(45(88)77-35(46(89)90)17-10-26-70-51(64)65)78-44(87)33(16-9-25-69-50(62)63)75-43(86)34(18-19-36(55)80)76-42(85)32(15-8-24-68-49(60)61)74-41(84)31(14-7-23-67-48(58)59)73-40(83)30(13-3-5-21-53)72-39(82)29(12-2-4-20-52)71-38(81)28(54)11-6-22-66-47(56)57/h27-35,37,79H,2-26,52-54H2,1H3,(H2,55,80)(H,71,81)(H,72,82)(H,73,83)(H,74,84)(H,75,86)(H,76,85)(H,77,88)(H,78,87)(H,89,90)(H4,56,57,66)(H4,58,59,67)(H4,60,61,68)(H4,62,63,69)(H4,64,65,70)/t27-,28-,29+,30+,31+,32-,33+,34+,35-,37+/m1/s1. The van der Waals surface area contributed by atoms with Gasteiger partial charge >= 0.3 is 5.97 Å². The van der Waals surface area contributed by atoms with Crippen LogP contribution >= 0.6 is 0 Å². The van der Waals surface area contributed by atoms with E-state index < -0.39 is 132 Å². The number of hydrogen-bond acceptors (Lipinski definition) is 19. The lowest BCUT2D eigenvalue weighted by Crippen LogP contribution is -2.61. The lowest BCUT2D eigenvalue weighted by molar-refractivity contribution is -0.143. The van der Waals surface area contributed by atoms with Crippen LogP contribution in [0.2, 0.25) is 0 Å². The number of nitrogens with zero attached hydrogens (tertiary/aromatic N) is 5. The average Bonchev–Trinajstić information content (AvgIpc) is 2.06. The van der Waals surface area contributed by atoms with Crippen LogP contribution in [0.3, 0.4) is 0 Å². The number of unbranched alkanes of at least 4 members (excludes halogenated alkanes) is 2. The third kappa shape index (κ3) is 37.6. The van der Waals surface area contributed by atoms with E-state index in [-0.39, 0.29) is 146 Å². The summed E-state index contributed by atoms with van der Waals surface area (Å²) >= 11 is 0. The second kappa shape index (κ2) is 46.1. The maximum absolute atomic E-state index is 14.6. The fourth-order valence-corrected chi connectivity index (χ4v) is 8.37. The number of carboxylic acids is 1. The van der Waals surface area contributed by atoms with Gasteiger partial charge in [0, 0.05) is 39.1 Å². The zero-order valence-corrected chi connectivity index (χ0v) is 51.2. The number of aliphatic imine (C=N–C) groups is 5. The number of aliphatic hydroxyl groups excluding tert-OH is 1. The molecule has 0 aliphatic heterocycles. The quantitative estimate of drug-likeness (QED) is 0.0153. The van der Waals surface area contributed by atoms with E-state index >= 15 is 0 Å². The van der Waals surface area contributed by atoms with Crippen LogP contribution in [0.4, 0.5) is 0 Å². The number of carbonyl (C=O) groups excluding carboxylic acids is 9. The Balaban J connectivity index is 7.31. The molecule has 0 aromatic carbocycles. The minimum Gasteiger partial charge on any atom is -0.480 e. The molecule has 512 valence electrons. The number of carbonyl (C=O) groups is 10. The summed E-state index contributed by atoms with van der Waals surface area (Å²) in [7, 11) is 0. The third-order valence-electron chi connectivity index (χ3n) is 13.1. The minimum absolute atomic E-state index is 0.00104. The number of primary amides is 1. The predicted octanol–water partition coefficient (Wildman–Crippen LogP) is -10.6. The van der Waals surface area contributed by atoms with Gasteiger partial charge in [-0.05, 0) is 129 Å². The van der Waals surface area contributed by atoms with Crippen LogP contribution in [0.5, 0.6) is 0 Å². The summed E-state index contributed by atoms with van der Waals surface area (Å²) in [6, 6.07) is -13.3. The number of rotatable bonds is 49. The Bertz CT molecular complexity index is 2430. The number of nitrogens with two attached hydrogens (primary N) is 14. The first-order valence-electron chi connectivity index (χ1n) is 29.5. The van der Waals surface area contributed by atoms with E-state index in [0.29, 0.717) is 32.1 Å². The van der Waals surface area contributed by atoms with Gasteiger partial charge in [-0.2, -0.15) is 0 Å². The fourth-order valence-electron chi connectivity index (χ4n) is 8.37. The van der Waals surface area contributed by atoms with Gasteiger partial charge in [0.05, 0.1) is 12.1 Å². The third-order valence-corrected chi connectivity index (χ3v) is 13.1. The highest BCUT2D eigenvalue weighted by Gasteiger charge is 2.36. The van der Waals surface area contributed by atoms with Gasteiger partial charge in [0.15, 0.2) is 29.8 Å². The first kappa shape index (κ1) is 80.9. The molecule has 0 aromatic heterocycles. The molecule has 0 radical (unpaired) electrons. The van der Waals surface area contributed by atoms with E-state index in [0.717, 1.165) is 6.92 Å². The van der Waals surface area contributed by atoms with Gasteiger partial charge in [-0.15, -0.1) is 0 Å². The largest absolute Gasteiger partial charge is 0.480 e. The van der Waals surface area contributed by atoms with Crippen molar-refractivity contribution in [1.82, 2.24) is 42.5 Å². The Kier molecular flexibility index (Phi) is 41.4. The average molecular weight is 1280 g/mol. The Labute approximate surface area is 522 Å². The van der Waals surface area contributed by atoms with E-state index in [2.05, 4.69) is 67.5 Å². The molecule has 0 heterocycles. The molecule has 0 aliphatic rings. The number of aliphatic carboxylic acids is 1. The van der Waals surface area contributed by atoms with E-state index in [9.17, 15) is 58.2 Å². The van der Waals surface area contributed by atoms with Crippen molar-refractivity contribution in [1.29, 1.82) is 0 Å². The first-order chi connectivity index (χ1) is 42.4. The van der Waals surface area contributed by atoms with Gasteiger partial charge in [0.1, 0.15) is 48.3 Å². The van der Waals surface area contributed by atoms with E-state index in [1.165, 1.54) is 0 Å². The summed E-state index contributed by atoms with van der Waals surface area (Å²) in [5.41, 5.74) is 77.7. The normalized spacial score (nSPS) is 14.1. The summed E-state index contributed by atoms with van der Waals surface area (Å²) in [5, 5.41) is 40.6. The fraction of sp³-hybridized carbons (Fsp3) is 0.706. The van der Waals surface area contributed by atoms with E-state index in [1.807, 2.05) is 0 Å². The smallest absolute Gasteiger partial charge is 0.326 e. The maximum atomic E-state index is 14.6. The van der Waals surface area contributed by atoms with Crippen LogP contribution in [0.15, 0.2) is 25.0 Å². The molecule has 9 amide bonds. The van der Waals surface area contributed by atoms with Crippen molar-refractivity contribution in [3.05, 3.63) is 0 Å². The molecule has 39 heteroatoms. The highest BCUT2D eigenvalue weighted by molar-refractivity contribution is 5.98. The van der Waals surface area contributed by atoms with Crippen molar-refractivity contribution >= 4 is 88.9 Å². The molecule has 0 aromatic rings. The lowest BCUT2D eigenvalue weighted by atomic mass is 10.0. The molecule has 0 unspecified atom stereocenters. The zero-order chi connectivity index (χ0) is 68.3. The molecule has 0 aliphatic carbocycles. The van der Waals surface area contributed by atoms with E-state index in [4.69, 9.17) is 80.3 Å². The SMILES string of the molecule is C[C@@H](O)[C@H](NC(=O)[C@H](CCCN=C(N)N)NC(=O)[C@H](CCC(N)=O)NC(=O)[C@@H](CCCN=C(N)N)NC(=O)[C@H](CCCN=C(N)N)NC(=O)[C@H](CCCCN)NC(=O)[C@H](CCCCN)NC(=O)[C@H](N)CCCN=C(N)N)C(=O)N[C@H](CCCN=C(N)N)C(=O)O. The van der Waals surface area contributed by atoms with Crippen LogP contribution < -0.4 is 123 Å². The number of nitrogens with one attached hydrogen (secondary N) is 8. The molecule has 0 bridgehead atoms. The van der Waals surface area contributed by atoms with Gasteiger partial charge in [0.2, 0.25) is 53.2 Å². The van der Waals surface area contributed by atoms with Crippen molar-refractivity contribution in [3.63, 3.8) is 0 Å². The van der Waals surface area contributed by atoms with Gasteiger partial charge in [-0.1, -0.05) is 0 Å². The summed E-state index contributed by atoms with van der Waals surface area (Å²) in [5.74, 6) is -11.3. The number of hydrogen-bond donors (Lipinski definition) is 24. The summed E-state index contributed by atoms with van der Waals surface area (Å²) < 4.78 is 0. The van der Waals surface area contributed by atoms with Crippen molar-refractivity contribution in [3.8, 4) is 0 Å². The van der Waals surface area contributed by atoms with Crippen LogP contribution in [0.25, 0.3) is 0 Å². The molecule has 0 rings (SSSR count). The summed E-state index contributed by atoms with van der Waals surface area (Å²) in [6.07, 6.45) is -1.11. The topological polar surface area (TPSA) is 733 Å². The molecule has 10 atom stereocenters. The van der Waals surface area contributed by atoms with Gasteiger partial charge in [-0.25, -0.2) is 4.79 Å². The van der Waals surface area contributed by atoms with Gasteiger partial charge < -0.3 is 133 Å². The zero-order valence-electron chi connectivity index (χ0n) is 51.2. The second-order valence-corrected chi connectivity index (χ2v) is 20.9. The summed E-state index contributed by atoms with van der Waals surface area (Å²) in [6.45, 7) is 1.66. The Morgan fingerprint density at radius 3 is 0.878 bits per heavy atom. The van der Waals surface area contributed by atoms with Crippen molar-refractivity contribution in [2.45, 2.75) is 183 Å². The summed E-state index contributed by atoms with van der Waals surface area (Å²) in [4.78, 5) is 156. The first-order valence-corrected chi connectivity index (χ1v) is 29.5. The van der Waals surface area contributed by atoms with Crippen LogP contribution in [0, 0.1) is 0 Å². The van der Waals surface area contributed by atoms with Crippen molar-refractivity contribution < 1.29 is 58.2 Å². The number of amides is 9. The van der Waals surface area contributed by atoms with Gasteiger partial charge in [0.25, 0.3) is 0 Å². The molecular weight excluding hydrogens is 1180 g/mol. The number of carboxylic acid groups (broad SMARTS) is 1. The van der Waals surface area contributed by atoms with Crippen molar-refractivity contribution in [2.75, 3.05) is 45.8 Å². The van der Waals surface area contributed by atoms with E-state index in [1.54, 1.807) is 0 Å². The highest BCUT2D eigenvalue weighted by atomic mass is 16.4. The molecule has 0 fully saturated rings.